The number of thiocarbonyl (C=S) groups is 1. The molecule has 1 atom stereocenters. The Kier molecular flexibility index (Phi) is 4.50. The molecule has 0 saturated carbocycles. The van der Waals surface area contributed by atoms with E-state index >= 15 is 0 Å². The van der Waals surface area contributed by atoms with Crippen molar-refractivity contribution in [2.24, 2.45) is 5.92 Å². The predicted molar refractivity (Wildman–Crippen MR) is 78.4 cm³/mol. The minimum Gasteiger partial charge on any atom is -0.375 e. The first-order chi connectivity index (χ1) is 9.19. The number of allylic oxidation sites excluding steroid dienone is 3. The highest BCUT2D eigenvalue weighted by molar-refractivity contribution is 7.78. The lowest BCUT2D eigenvalue weighted by molar-refractivity contribution is -0.129. The van der Waals surface area contributed by atoms with Gasteiger partial charge in [0.2, 0.25) is 0 Å². The number of methoxy groups -OCH3 is 1. The van der Waals surface area contributed by atoms with E-state index in [0.29, 0.717) is 5.92 Å². The quantitative estimate of drug-likeness (QED) is 0.579. The molecule has 1 aliphatic carbocycles. The van der Waals surface area contributed by atoms with Gasteiger partial charge in [-0.25, -0.2) is 0 Å². The number of amides is 1. The standard InChI is InChI=1S/C14H18N2O2S/c1-15-8-4-6-11-5-3-7-12(14(11)15)16(10-19)13(17)9-18-2/h3-4,6-7,10-11H,5,8-9H2,1-2H3. The Morgan fingerprint density at radius 2 is 2.42 bits per heavy atom. The number of nitrogens with zero attached hydrogens (tertiary/aromatic N) is 2. The predicted octanol–water partition coefficient (Wildman–Crippen LogP) is 1.71. The van der Waals surface area contributed by atoms with E-state index in [1.807, 2.05) is 13.1 Å². The molecule has 0 aromatic rings. The van der Waals surface area contributed by atoms with Crippen LogP contribution in [0, 0.1) is 5.92 Å². The highest BCUT2D eigenvalue weighted by atomic mass is 32.1. The van der Waals surface area contributed by atoms with Crippen molar-refractivity contribution >= 4 is 23.6 Å². The first-order valence-corrected chi connectivity index (χ1v) is 6.71. The van der Waals surface area contributed by atoms with Crippen molar-refractivity contribution in [3.63, 3.8) is 0 Å². The van der Waals surface area contributed by atoms with Crippen LogP contribution in [0.15, 0.2) is 35.7 Å². The van der Waals surface area contributed by atoms with E-state index in [-0.39, 0.29) is 12.5 Å². The Bertz CT molecular complexity index is 468. The van der Waals surface area contributed by atoms with Crippen LogP contribution >= 0.6 is 12.2 Å². The van der Waals surface area contributed by atoms with Crippen LogP contribution < -0.4 is 0 Å². The fourth-order valence-corrected chi connectivity index (χ4v) is 2.72. The molecule has 0 saturated heterocycles. The maximum atomic E-state index is 12.1. The number of carbonyl (C=O) groups is 1. The molecule has 1 unspecified atom stereocenters. The van der Waals surface area contributed by atoms with E-state index in [1.165, 1.54) is 17.5 Å². The average Bonchev–Trinajstić information content (AvgIpc) is 2.40. The van der Waals surface area contributed by atoms with Gasteiger partial charge in [0, 0.05) is 32.3 Å². The second kappa shape index (κ2) is 6.12. The maximum Gasteiger partial charge on any atom is 0.257 e. The third-order valence-corrected chi connectivity index (χ3v) is 3.55. The van der Waals surface area contributed by atoms with E-state index in [4.69, 9.17) is 17.0 Å². The second-order valence-electron chi connectivity index (χ2n) is 4.63. The zero-order valence-electron chi connectivity index (χ0n) is 11.2. The van der Waals surface area contributed by atoms with Crippen LogP contribution in [-0.4, -0.2) is 48.5 Å². The Labute approximate surface area is 119 Å². The molecule has 102 valence electrons. The van der Waals surface area contributed by atoms with Crippen LogP contribution in [0.3, 0.4) is 0 Å². The third kappa shape index (κ3) is 2.77. The van der Waals surface area contributed by atoms with Gasteiger partial charge in [0.25, 0.3) is 5.91 Å². The molecule has 0 radical (unpaired) electrons. The number of fused-ring (bicyclic) bond motifs is 1. The molecule has 2 rings (SSSR count). The normalized spacial score (nSPS) is 21.4. The number of hydrogen-bond donors (Lipinski definition) is 0. The van der Waals surface area contributed by atoms with Gasteiger partial charge in [-0.15, -0.1) is 0 Å². The number of rotatable bonds is 4. The van der Waals surface area contributed by atoms with E-state index < -0.39 is 0 Å². The zero-order valence-corrected chi connectivity index (χ0v) is 12.0. The lowest BCUT2D eigenvalue weighted by Crippen LogP contribution is -2.37. The summed E-state index contributed by atoms with van der Waals surface area (Å²) in [6.07, 6.45) is 9.37. The zero-order chi connectivity index (χ0) is 13.8. The van der Waals surface area contributed by atoms with Crippen molar-refractivity contribution < 1.29 is 9.53 Å². The summed E-state index contributed by atoms with van der Waals surface area (Å²) in [4.78, 5) is 15.7. The summed E-state index contributed by atoms with van der Waals surface area (Å²) in [5.41, 5.74) is 3.40. The summed E-state index contributed by atoms with van der Waals surface area (Å²) in [5, 5.41) is 0. The van der Waals surface area contributed by atoms with Gasteiger partial charge in [-0.3, -0.25) is 9.69 Å². The molecule has 0 aromatic heterocycles. The van der Waals surface area contributed by atoms with E-state index in [9.17, 15) is 4.79 Å². The van der Waals surface area contributed by atoms with Gasteiger partial charge in [-0.2, -0.15) is 0 Å². The average molecular weight is 278 g/mol. The topological polar surface area (TPSA) is 32.8 Å². The summed E-state index contributed by atoms with van der Waals surface area (Å²) in [7, 11) is 3.54. The van der Waals surface area contributed by atoms with Crippen molar-refractivity contribution in [1.29, 1.82) is 0 Å². The molecular formula is C14H18N2O2S. The smallest absolute Gasteiger partial charge is 0.257 e. The Hall–Kier alpha value is -1.46. The van der Waals surface area contributed by atoms with Crippen molar-refractivity contribution in [1.82, 2.24) is 9.80 Å². The molecule has 4 nitrogen and oxygen atoms in total. The number of hydrogen-bond acceptors (Lipinski definition) is 4. The van der Waals surface area contributed by atoms with Crippen LogP contribution in [0.4, 0.5) is 0 Å². The monoisotopic (exact) mass is 278 g/mol. The fraction of sp³-hybridized carbons (Fsp3) is 0.429. The Morgan fingerprint density at radius 1 is 1.63 bits per heavy atom. The molecule has 0 bridgehead atoms. The molecular weight excluding hydrogens is 260 g/mol. The summed E-state index contributed by atoms with van der Waals surface area (Å²) < 4.78 is 4.91. The van der Waals surface area contributed by atoms with Gasteiger partial charge in [0.05, 0.1) is 11.2 Å². The van der Waals surface area contributed by atoms with E-state index in [2.05, 4.69) is 23.1 Å². The van der Waals surface area contributed by atoms with Gasteiger partial charge in [0.15, 0.2) is 0 Å². The first-order valence-electron chi connectivity index (χ1n) is 6.23. The van der Waals surface area contributed by atoms with Crippen molar-refractivity contribution in [2.75, 3.05) is 27.3 Å². The molecule has 0 fully saturated rings. The molecule has 2 aliphatic rings. The van der Waals surface area contributed by atoms with Crippen LogP contribution in [0.2, 0.25) is 0 Å². The molecule has 1 heterocycles. The third-order valence-electron chi connectivity index (χ3n) is 3.34. The van der Waals surface area contributed by atoms with Crippen molar-refractivity contribution in [3.8, 4) is 0 Å². The number of ether oxygens (including phenoxy) is 1. The van der Waals surface area contributed by atoms with Gasteiger partial charge >= 0.3 is 0 Å². The molecule has 0 N–H and O–H groups in total. The number of likely N-dealkylation sites (N-methyl/N-ethyl adjacent to an activating group) is 1. The summed E-state index contributed by atoms with van der Waals surface area (Å²) >= 11 is 5.00. The Morgan fingerprint density at radius 3 is 3.11 bits per heavy atom. The van der Waals surface area contributed by atoms with Gasteiger partial charge in [-0.1, -0.05) is 30.4 Å². The molecule has 0 aromatic carbocycles. The van der Waals surface area contributed by atoms with Crippen LogP contribution in [-0.2, 0) is 9.53 Å². The van der Waals surface area contributed by atoms with Crippen LogP contribution in [0.5, 0.6) is 0 Å². The van der Waals surface area contributed by atoms with E-state index in [1.54, 1.807) is 0 Å². The molecule has 1 aliphatic heterocycles. The SMILES string of the molecule is COCC(=O)N(C=S)C1=C2C(C=CCN2C)CC=C1. The largest absolute Gasteiger partial charge is 0.375 e. The first kappa shape index (κ1) is 14.0. The van der Waals surface area contributed by atoms with Crippen LogP contribution in [0.1, 0.15) is 6.42 Å². The lowest BCUT2D eigenvalue weighted by atomic mass is 9.91. The minimum absolute atomic E-state index is 0.0297. The molecule has 19 heavy (non-hydrogen) atoms. The lowest BCUT2D eigenvalue weighted by Gasteiger charge is -2.36. The second-order valence-corrected chi connectivity index (χ2v) is 4.84. The summed E-state index contributed by atoms with van der Waals surface area (Å²) in [5.74, 6) is 0.180. The number of carbonyl (C=O) groups excluding carboxylic acids is 1. The highest BCUT2D eigenvalue weighted by Gasteiger charge is 2.28. The molecule has 1 amide bonds. The fourth-order valence-electron chi connectivity index (χ4n) is 2.49. The van der Waals surface area contributed by atoms with Crippen LogP contribution in [0.25, 0.3) is 0 Å². The summed E-state index contributed by atoms with van der Waals surface area (Å²) in [6, 6.07) is 0. The summed E-state index contributed by atoms with van der Waals surface area (Å²) in [6.45, 7) is 0.884. The molecule has 0 spiro atoms. The van der Waals surface area contributed by atoms with Gasteiger partial charge in [-0.05, 0) is 12.5 Å². The Balaban J connectivity index is 2.39. The maximum absolute atomic E-state index is 12.1. The van der Waals surface area contributed by atoms with Gasteiger partial charge in [0.1, 0.15) is 6.61 Å². The van der Waals surface area contributed by atoms with E-state index in [0.717, 1.165) is 24.4 Å². The van der Waals surface area contributed by atoms with Crippen molar-refractivity contribution in [2.45, 2.75) is 6.42 Å². The van der Waals surface area contributed by atoms with Gasteiger partial charge < -0.3 is 9.64 Å². The molecule has 5 heteroatoms. The van der Waals surface area contributed by atoms with Crippen molar-refractivity contribution in [3.05, 3.63) is 35.7 Å². The highest BCUT2D eigenvalue weighted by Crippen LogP contribution is 2.32. The minimum atomic E-state index is -0.145.